The Hall–Kier alpha value is -1.36. The van der Waals surface area contributed by atoms with Gasteiger partial charge in [-0.25, -0.2) is 9.59 Å². The number of ether oxygens (including phenoxy) is 1. The van der Waals surface area contributed by atoms with Gasteiger partial charge in [0.2, 0.25) is 0 Å². The third-order valence-corrected chi connectivity index (χ3v) is 10.8. The van der Waals surface area contributed by atoms with Gasteiger partial charge in [-0.2, -0.15) is 0 Å². The second-order valence-electron chi connectivity index (χ2n) is 6.49. The van der Waals surface area contributed by atoms with Crippen LogP contribution in [0.5, 0.6) is 0 Å². The lowest BCUT2D eigenvalue weighted by atomic mass is 10.1. The van der Waals surface area contributed by atoms with Gasteiger partial charge in [0.15, 0.2) is 0 Å². The van der Waals surface area contributed by atoms with E-state index in [9.17, 15) is 9.59 Å². The highest BCUT2D eigenvalue weighted by Gasteiger charge is 2.32. The zero-order valence-electron chi connectivity index (χ0n) is 15.5. The summed E-state index contributed by atoms with van der Waals surface area (Å²) in [6, 6.07) is 4.30. The van der Waals surface area contributed by atoms with Crippen molar-refractivity contribution in [1.82, 2.24) is 0 Å². The van der Waals surface area contributed by atoms with Crippen molar-refractivity contribution in [3.8, 4) is 0 Å². The van der Waals surface area contributed by atoms with Gasteiger partial charge in [0.25, 0.3) is 0 Å². The smallest absolute Gasteiger partial charge is 0.333 e. The number of carbonyl (C=O) groups excluding carboxylic acids is 1. The topological polar surface area (TPSA) is 63.6 Å². The van der Waals surface area contributed by atoms with E-state index in [4.69, 9.17) is 9.84 Å². The second-order valence-corrected chi connectivity index (χ2v) is 12.0. The Morgan fingerprint density at radius 3 is 1.91 bits per heavy atom. The van der Waals surface area contributed by atoms with E-state index in [1.54, 1.807) is 20.8 Å². The van der Waals surface area contributed by atoms with Crippen LogP contribution in [0.1, 0.15) is 48.0 Å². The Kier molecular flexibility index (Phi) is 9.13. The molecule has 0 aliphatic heterocycles. The first-order valence-corrected chi connectivity index (χ1v) is 11.2. The molecular formula is C18H32O4Si. The van der Waals surface area contributed by atoms with Crippen molar-refractivity contribution < 1.29 is 19.4 Å². The molecule has 1 N–H and O–H groups in total. The van der Waals surface area contributed by atoms with Crippen LogP contribution < -0.4 is 0 Å². The van der Waals surface area contributed by atoms with E-state index in [0.717, 1.165) is 29.7 Å². The highest BCUT2D eigenvalue weighted by Crippen LogP contribution is 2.30. The van der Waals surface area contributed by atoms with Gasteiger partial charge < -0.3 is 9.84 Å². The SMILES string of the molecule is C=C(C)C(=O)OC(CC(C)=C(C)C(=O)O)C[Si](CC)(CC)CC. The standard InChI is InChI=1S/C18H32O4Si/c1-8-23(9-2,10-3)12-16(22-18(21)13(4)5)11-14(6)15(7)17(19)20/h16H,4,8-12H2,1-3,5-7H3,(H,19,20). The molecule has 0 saturated carbocycles. The normalized spacial score (nSPS) is 14.0. The molecule has 1 unspecified atom stereocenters. The molecule has 0 aromatic heterocycles. The summed E-state index contributed by atoms with van der Waals surface area (Å²) in [7, 11) is -1.49. The van der Waals surface area contributed by atoms with Crippen molar-refractivity contribution in [2.45, 2.75) is 78.2 Å². The molecule has 0 heterocycles. The maximum absolute atomic E-state index is 12.0. The van der Waals surface area contributed by atoms with Crippen molar-refractivity contribution in [3.05, 3.63) is 23.3 Å². The molecule has 4 nitrogen and oxygen atoms in total. The molecule has 0 rings (SSSR count). The first-order chi connectivity index (χ1) is 10.6. The van der Waals surface area contributed by atoms with Crippen LogP contribution >= 0.6 is 0 Å². The average molecular weight is 341 g/mol. The second kappa shape index (κ2) is 9.70. The molecule has 132 valence electrons. The van der Waals surface area contributed by atoms with Crippen molar-refractivity contribution in [3.63, 3.8) is 0 Å². The van der Waals surface area contributed by atoms with Gasteiger partial charge in [0, 0.05) is 17.6 Å². The van der Waals surface area contributed by atoms with Gasteiger partial charge in [-0.15, -0.1) is 0 Å². The summed E-state index contributed by atoms with van der Waals surface area (Å²) in [6.07, 6.45) is 0.214. The number of carboxylic acid groups (broad SMARTS) is 1. The maximum atomic E-state index is 12.0. The molecule has 0 aromatic rings. The first-order valence-electron chi connectivity index (χ1n) is 8.38. The van der Waals surface area contributed by atoms with E-state index < -0.39 is 14.0 Å². The van der Waals surface area contributed by atoms with Crippen LogP contribution in [0.15, 0.2) is 23.3 Å². The molecule has 1 atom stereocenters. The Morgan fingerprint density at radius 1 is 1.09 bits per heavy atom. The van der Waals surface area contributed by atoms with Crippen molar-refractivity contribution in [1.29, 1.82) is 0 Å². The van der Waals surface area contributed by atoms with Crippen LogP contribution in [0.3, 0.4) is 0 Å². The molecule has 23 heavy (non-hydrogen) atoms. The van der Waals surface area contributed by atoms with E-state index in [1.165, 1.54) is 0 Å². The minimum absolute atomic E-state index is 0.264. The fourth-order valence-electron chi connectivity index (χ4n) is 2.75. The molecule has 0 aliphatic carbocycles. The van der Waals surface area contributed by atoms with Crippen molar-refractivity contribution in [2.24, 2.45) is 0 Å². The lowest BCUT2D eigenvalue weighted by Crippen LogP contribution is -2.37. The number of carbonyl (C=O) groups is 2. The molecule has 0 radical (unpaired) electrons. The summed E-state index contributed by atoms with van der Waals surface area (Å²) in [4.78, 5) is 23.1. The van der Waals surface area contributed by atoms with Gasteiger partial charge in [-0.05, 0) is 26.8 Å². The fraction of sp³-hybridized carbons (Fsp3) is 0.667. The highest BCUT2D eigenvalue weighted by atomic mass is 28.3. The van der Waals surface area contributed by atoms with E-state index in [1.807, 2.05) is 0 Å². The van der Waals surface area contributed by atoms with E-state index in [2.05, 4.69) is 27.4 Å². The molecular weight excluding hydrogens is 308 g/mol. The molecule has 0 fully saturated rings. The van der Waals surface area contributed by atoms with E-state index in [0.29, 0.717) is 17.6 Å². The van der Waals surface area contributed by atoms with E-state index in [-0.39, 0.29) is 12.1 Å². The molecule has 0 spiro atoms. The summed E-state index contributed by atoms with van der Waals surface area (Å²) >= 11 is 0. The van der Waals surface area contributed by atoms with Gasteiger partial charge in [0.1, 0.15) is 6.10 Å². The third-order valence-electron chi connectivity index (χ3n) is 5.03. The van der Waals surface area contributed by atoms with Gasteiger partial charge in [-0.1, -0.05) is 51.1 Å². The van der Waals surface area contributed by atoms with Crippen LogP contribution in [0.2, 0.25) is 24.2 Å². The number of hydrogen-bond acceptors (Lipinski definition) is 3. The van der Waals surface area contributed by atoms with E-state index >= 15 is 0 Å². The Balaban J connectivity index is 5.39. The third kappa shape index (κ3) is 6.73. The first kappa shape index (κ1) is 21.6. The van der Waals surface area contributed by atoms with Crippen molar-refractivity contribution in [2.75, 3.05) is 0 Å². The Bertz CT molecular complexity index is 467. The lowest BCUT2D eigenvalue weighted by molar-refractivity contribution is -0.143. The predicted molar refractivity (Wildman–Crippen MR) is 97.3 cm³/mol. The lowest BCUT2D eigenvalue weighted by Gasteiger charge is -2.32. The fourth-order valence-corrected chi connectivity index (χ4v) is 6.31. The maximum Gasteiger partial charge on any atom is 0.333 e. The van der Waals surface area contributed by atoms with Crippen LogP contribution in [0.4, 0.5) is 0 Å². The molecule has 5 heteroatoms. The Morgan fingerprint density at radius 2 is 1.57 bits per heavy atom. The molecule has 0 saturated heterocycles. The number of rotatable bonds is 10. The van der Waals surface area contributed by atoms with Crippen LogP contribution in [0, 0.1) is 0 Å². The highest BCUT2D eigenvalue weighted by molar-refractivity contribution is 6.79. The van der Waals surface area contributed by atoms with Gasteiger partial charge >= 0.3 is 11.9 Å². The van der Waals surface area contributed by atoms with Gasteiger partial charge in [-0.3, -0.25) is 0 Å². The van der Waals surface area contributed by atoms with Crippen LogP contribution in [-0.4, -0.2) is 31.2 Å². The van der Waals surface area contributed by atoms with Gasteiger partial charge in [0.05, 0.1) is 8.07 Å². The summed E-state index contributed by atoms with van der Waals surface area (Å²) in [5, 5.41) is 9.14. The summed E-state index contributed by atoms with van der Waals surface area (Å²) in [5.41, 5.74) is 1.48. The zero-order valence-corrected chi connectivity index (χ0v) is 16.5. The number of carboxylic acids is 1. The summed E-state index contributed by atoms with van der Waals surface area (Å²) in [5.74, 6) is -1.31. The van der Waals surface area contributed by atoms with Crippen molar-refractivity contribution >= 4 is 20.0 Å². The monoisotopic (exact) mass is 340 g/mol. The zero-order chi connectivity index (χ0) is 18.2. The molecule has 0 aromatic carbocycles. The minimum atomic E-state index is -1.49. The predicted octanol–water partition coefficient (Wildman–Crippen LogP) is 4.79. The molecule has 0 bridgehead atoms. The largest absolute Gasteiger partial charge is 0.478 e. The van der Waals surface area contributed by atoms with Crippen LogP contribution in [-0.2, 0) is 14.3 Å². The molecule has 0 amide bonds. The summed E-state index contributed by atoms with van der Waals surface area (Å²) in [6.45, 7) is 15.3. The number of hydrogen-bond donors (Lipinski definition) is 1. The number of aliphatic carboxylic acids is 1. The average Bonchev–Trinajstić information content (AvgIpc) is 2.51. The Labute approximate surface area is 141 Å². The summed E-state index contributed by atoms with van der Waals surface area (Å²) < 4.78 is 5.64. The number of esters is 1. The van der Waals surface area contributed by atoms with Crippen LogP contribution in [0.25, 0.3) is 0 Å². The molecule has 0 aliphatic rings. The quantitative estimate of drug-likeness (QED) is 0.353. The minimum Gasteiger partial charge on any atom is -0.478 e.